The van der Waals surface area contributed by atoms with Crippen LogP contribution in [0.3, 0.4) is 0 Å². The van der Waals surface area contributed by atoms with Gasteiger partial charge < -0.3 is 15.5 Å². The summed E-state index contributed by atoms with van der Waals surface area (Å²) in [6.07, 6.45) is 3.28. The van der Waals surface area contributed by atoms with Crippen molar-refractivity contribution in [3.05, 3.63) is 11.9 Å². The molecule has 0 bridgehead atoms. The van der Waals surface area contributed by atoms with E-state index in [4.69, 9.17) is 10.6 Å². The van der Waals surface area contributed by atoms with Crippen LogP contribution >= 0.6 is 0 Å². The van der Waals surface area contributed by atoms with Crippen molar-refractivity contribution in [1.82, 2.24) is 9.97 Å². The van der Waals surface area contributed by atoms with Crippen molar-refractivity contribution >= 4 is 11.6 Å². The Balaban J connectivity index is 2.52. The molecule has 0 saturated heterocycles. The van der Waals surface area contributed by atoms with Gasteiger partial charge in [-0.15, -0.1) is 0 Å². The SMILES string of the molecule is CCOCCCNc1ncnc(NN)c1CC. The molecule has 0 radical (unpaired) electrons. The Morgan fingerprint density at radius 2 is 2.06 bits per heavy atom. The molecule has 17 heavy (non-hydrogen) atoms. The first-order valence-corrected chi connectivity index (χ1v) is 5.95. The molecule has 0 aliphatic carbocycles. The fraction of sp³-hybridized carbons (Fsp3) is 0.636. The number of nitrogens with zero attached hydrogens (tertiary/aromatic N) is 2. The Morgan fingerprint density at radius 1 is 1.29 bits per heavy atom. The lowest BCUT2D eigenvalue weighted by atomic mass is 10.2. The van der Waals surface area contributed by atoms with E-state index in [9.17, 15) is 0 Å². The normalized spacial score (nSPS) is 10.3. The number of hydrazine groups is 1. The molecule has 0 unspecified atom stereocenters. The molecule has 0 fully saturated rings. The van der Waals surface area contributed by atoms with Gasteiger partial charge in [-0.2, -0.15) is 0 Å². The summed E-state index contributed by atoms with van der Waals surface area (Å²) >= 11 is 0. The molecule has 0 amide bonds. The summed E-state index contributed by atoms with van der Waals surface area (Å²) in [6.45, 7) is 6.39. The number of nitrogens with two attached hydrogens (primary N) is 1. The third-order valence-electron chi connectivity index (χ3n) is 2.40. The van der Waals surface area contributed by atoms with Crippen LogP contribution in [0.15, 0.2) is 6.33 Å². The van der Waals surface area contributed by atoms with E-state index in [1.165, 1.54) is 6.33 Å². The number of nitrogens with one attached hydrogen (secondary N) is 2. The van der Waals surface area contributed by atoms with Gasteiger partial charge in [0, 0.05) is 25.3 Å². The molecule has 0 atom stereocenters. The zero-order valence-electron chi connectivity index (χ0n) is 10.5. The molecule has 1 aromatic heterocycles. The summed E-state index contributed by atoms with van der Waals surface area (Å²) in [4.78, 5) is 8.29. The fourth-order valence-corrected chi connectivity index (χ4v) is 1.55. The quantitative estimate of drug-likeness (QED) is 0.358. The maximum Gasteiger partial charge on any atom is 0.148 e. The van der Waals surface area contributed by atoms with Gasteiger partial charge in [0.25, 0.3) is 0 Å². The number of aromatic nitrogens is 2. The zero-order chi connectivity index (χ0) is 12.5. The molecular weight excluding hydrogens is 218 g/mol. The highest BCUT2D eigenvalue weighted by Gasteiger charge is 2.07. The van der Waals surface area contributed by atoms with E-state index in [0.717, 1.165) is 44.0 Å². The lowest BCUT2D eigenvalue weighted by molar-refractivity contribution is 0.147. The highest BCUT2D eigenvalue weighted by molar-refractivity contribution is 5.56. The molecule has 1 aromatic rings. The minimum Gasteiger partial charge on any atom is -0.382 e. The number of hydrogen-bond donors (Lipinski definition) is 3. The Labute approximate surface area is 102 Å². The molecule has 1 rings (SSSR count). The van der Waals surface area contributed by atoms with E-state index < -0.39 is 0 Å². The minimum absolute atomic E-state index is 0.676. The molecule has 0 spiro atoms. The van der Waals surface area contributed by atoms with Crippen LogP contribution in [0.4, 0.5) is 11.6 Å². The molecule has 1 heterocycles. The van der Waals surface area contributed by atoms with Gasteiger partial charge in [-0.3, -0.25) is 0 Å². The number of nitrogen functional groups attached to an aromatic ring is 1. The van der Waals surface area contributed by atoms with Crippen LogP contribution in [0, 0.1) is 0 Å². The van der Waals surface area contributed by atoms with Crippen molar-refractivity contribution in [2.45, 2.75) is 26.7 Å². The van der Waals surface area contributed by atoms with E-state index in [2.05, 4.69) is 20.7 Å². The predicted molar refractivity (Wildman–Crippen MR) is 68.8 cm³/mol. The van der Waals surface area contributed by atoms with Crippen LogP contribution < -0.4 is 16.6 Å². The second-order valence-corrected chi connectivity index (χ2v) is 3.52. The Bertz CT molecular complexity index is 332. The Hall–Kier alpha value is -1.40. The average Bonchev–Trinajstić information content (AvgIpc) is 2.38. The molecular formula is C11H21N5O. The summed E-state index contributed by atoms with van der Waals surface area (Å²) in [5.41, 5.74) is 3.59. The zero-order valence-corrected chi connectivity index (χ0v) is 10.5. The number of rotatable bonds is 8. The fourth-order valence-electron chi connectivity index (χ4n) is 1.55. The predicted octanol–water partition coefficient (Wildman–Crippen LogP) is 1.16. The summed E-state index contributed by atoms with van der Waals surface area (Å²) < 4.78 is 5.27. The van der Waals surface area contributed by atoms with Crippen LogP contribution in [0.25, 0.3) is 0 Å². The van der Waals surface area contributed by atoms with E-state index in [1.54, 1.807) is 0 Å². The number of hydrogen-bond acceptors (Lipinski definition) is 6. The van der Waals surface area contributed by atoms with Crippen molar-refractivity contribution < 1.29 is 4.74 Å². The van der Waals surface area contributed by atoms with Gasteiger partial charge in [0.05, 0.1) is 0 Å². The highest BCUT2D eigenvalue weighted by Crippen LogP contribution is 2.19. The van der Waals surface area contributed by atoms with Crippen molar-refractivity contribution in [2.24, 2.45) is 5.84 Å². The number of anilines is 2. The molecule has 96 valence electrons. The topological polar surface area (TPSA) is 85.1 Å². The monoisotopic (exact) mass is 239 g/mol. The number of ether oxygens (including phenoxy) is 1. The largest absolute Gasteiger partial charge is 0.382 e. The van der Waals surface area contributed by atoms with Gasteiger partial charge in [0.2, 0.25) is 0 Å². The minimum atomic E-state index is 0.676. The molecule has 0 aromatic carbocycles. The lowest BCUT2D eigenvalue weighted by Gasteiger charge is -2.12. The van der Waals surface area contributed by atoms with Gasteiger partial charge in [0.1, 0.15) is 18.0 Å². The van der Waals surface area contributed by atoms with Crippen LogP contribution in [0.2, 0.25) is 0 Å². The molecule has 0 aliphatic heterocycles. The molecule has 0 saturated carbocycles. The van der Waals surface area contributed by atoms with Crippen molar-refractivity contribution in [3.63, 3.8) is 0 Å². The van der Waals surface area contributed by atoms with Gasteiger partial charge >= 0.3 is 0 Å². The summed E-state index contributed by atoms with van der Waals surface area (Å²) in [6, 6.07) is 0. The Morgan fingerprint density at radius 3 is 2.71 bits per heavy atom. The van der Waals surface area contributed by atoms with Crippen LogP contribution in [-0.4, -0.2) is 29.7 Å². The second-order valence-electron chi connectivity index (χ2n) is 3.52. The van der Waals surface area contributed by atoms with Crippen LogP contribution in [-0.2, 0) is 11.2 Å². The van der Waals surface area contributed by atoms with Crippen molar-refractivity contribution in [2.75, 3.05) is 30.5 Å². The molecule has 0 aliphatic rings. The maximum absolute atomic E-state index is 5.40. The summed E-state index contributed by atoms with van der Waals surface area (Å²) in [5, 5.41) is 3.27. The maximum atomic E-state index is 5.40. The average molecular weight is 239 g/mol. The second kappa shape index (κ2) is 7.81. The molecule has 6 nitrogen and oxygen atoms in total. The Kier molecular flexibility index (Phi) is 6.27. The van der Waals surface area contributed by atoms with Gasteiger partial charge in [0.15, 0.2) is 0 Å². The standard InChI is InChI=1S/C11H21N5O/c1-3-9-10(13-6-5-7-17-4-2)14-8-15-11(9)16-12/h8H,3-7,12H2,1-2H3,(H2,13,14,15,16). The summed E-state index contributed by atoms with van der Waals surface area (Å²) in [7, 11) is 0. The highest BCUT2D eigenvalue weighted by atomic mass is 16.5. The van der Waals surface area contributed by atoms with E-state index in [0.29, 0.717) is 5.82 Å². The first kappa shape index (κ1) is 13.7. The van der Waals surface area contributed by atoms with Crippen LogP contribution in [0.5, 0.6) is 0 Å². The smallest absolute Gasteiger partial charge is 0.148 e. The third kappa shape index (κ3) is 4.16. The van der Waals surface area contributed by atoms with Crippen molar-refractivity contribution in [3.8, 4) is 0 Å². The van der Waals surface area contributed by atoms with Crippen LogP contribution in [0.1, 0.15) is 25.8 Å². The van der Waals surface area contributed by atoms with Gasteiger partial charge in [-0.05, 0) is 19.8 Å². The van der Waals surface area contributed by atoms with Crippen molar-refractivity contribution in [1.29, 1.82) is 0 Å². The van der Waals surface area contributed by atoms with Gasteiger partial charge in [-0.25, -0.2) is 15.8 Å². The molecule has 4 N–H and O–H groups in total. The van der Waals surface area contributed by atoms with E-state index in [-0.39, 0.29) is 0 Å². The first-order valence-electron chi connectivity index (χ1n) is 5.95. The first-order chi connectivity index (χ1) is 8.33. The van der Waals surface area contributed by atoms with E-state index in [1.807, 2.05) is 13.8 Å². The summed E-state index contributed by atoms with van der Waals surface area (Å²) in [5.74, 6) is 6.92. The third-order valence-corrected chi connectivity index (χ3v) is 2.40. The van der Waals surface area contributed by atoms with E-state index >= 15 is 0 Å². The molecule has 6 heteroatoms. The van der Waals surface area contributed by atoms with Gasteiger partial charge in [-0.1, -0.05) is 6.92 Å². The lowest BCUT2D eigenvalue weighted by Crippen LogP contribution is -2.15.